The molecule has 0 aromatic heterocycles. The maximum absolute atomic E-state index is 12.8. The van der Waals surface area contributed by atoms with Gasteiger partial charge in [-0.2, -0.15) is 4.31 Å². The Bertz CT molecular complexity index is 872. The van der Waals surface area contributed by atoms with Crippen LogP contribution in [0.15, 0.2) is 47.4 Å². The van der Waals surface area contributed by atoms with Gasteiger partial charge in [-0.1, -0.05) is 23.8 Å². The Morgan fingerprint density at radius 2 is 1.79 bits per heavy atom. The normalized spacial score (nSPS) is 14.9. The van der Waals surface area contributed by atoms with Crippen LogP contribution in [0.3, 0.4) is 0 Å². The molecular weight excluding hydrogens is 326 g/mol. The van der Waals surface area contributed by atoms with Crippen molar-refractivity contribution in [2.45, 2.75) is 24.8 Å². The molecule has 0 radical (unpaired) electrons. The Hall–Kier alpha value is -2.18. The third kappa shape index (κ3) is 3.07. The van der Waals surface area contributed by atoms with Crippen molar-refractivity contribution < 1.29 is 17.9 Å². The molecule has 0 N–H and O–H groups in total. The van der Waals surface area contributed by atoms with Gasteiger partial charge in [-0.25, -0.2) is 13.2 Å². The van der Waals surface area contributed by atoms with Gasteiger partial charge < -0.3 is 4.74 Å². The molecule has 3 rings (SSSR count). The summed E-state index contributed by atoms with van der Waals surface area (Å²) in [4.78, 5) is 11.9. The maximum atomic E-state index is 12.8. The molecule has 0 saturated carbocycles. The lowest BCUT2D eigenvalue weighted by molar-refractivity contribution is 0.0600. The first-order chi connectivity index (χ1) is 11.4. The number of fused-ring (bicyclic) bond motifs is 1. The van der Waals surface area contributed by atoms with Crippen LogP contribution >= 0.6 is 0 Å². The summed E-state index contributed by atoms with van der Waals surface area (Å²) in [6, 6.07) is 12.1. The SMILES string of the molecule is COC(=O)c1ccc2c(c1)CCN(S(=O)(=O)c1ccc(C)cc1)C2. The number of aryl methyl sites for hydroxylation is 1. The molecule has 24 heavy (non-hydrogen) atoms. The van der Waals surface area contributed by atoms with Gasteiger partial charge in [0.2, 0.25) is 10.0 Å². The van der Waals surface area contributed by atoms with Gasteiger partial charge in [-0.15, -0.1) is 0 Å². The average Bonchev–Trinajstić information content (AvgIpc) is 2.60. The van der Waals surface area contributed by atoms with E-state index in [-0.39, 0.29) is 5.97 Å². The summed E-state index contributed by atoms with van der Waals surface area (Å²) < 4.78 is 31.8. The highest BCUT2D eigenvalue weighted by atomic mass is 32.2. The van der Waals surface area contributed by atoms with Crippen molar-refractivity contribution in [1.29, 1.82) is 0 Å². The molecule has 0 aliphatic carbocycles. The number of esters is 1. The van der Waals surface area contributed by atoms with E-state index >= 15 is 0 Å². The van der Waals surface area contributed by atoms with Crippen molar-refractivity contribution in [2.75, 3.05) is 13.7 Å². The number of hydrogen-bond acceptors (Lipinski definition) is 4. The molecule has 0 atom stereocenters. The van der Waals surface area contributed by atoms with Crippen molar-refractivity contribution in [3.8, 4) is 0 Å². The molecule has 0 saturated heterocycles. The zero-order valence-corrected chi connectivity index (χ0v) is 14.5. The third-order valence-electron chi connectivity index (χ3n) is 4.26. The van der Waals surface area contributed by atoms with Crippen LogP contribution in [0.5, 0.6) is 0 Å². The molecule has 1 aliphatic rings. The molecule has 0 fully saturated rings. The van der Waals surface area contributed by atoms with Gasteiger partial charge >= 0.3 is 5.97 Å². The number of carbonyl (C=O) groups excluding carboxylic acids is 1. The van der Waals surface area contributed by atoms with Crippen LogP contribution in [0.1, 0.15) is 27.0 Å². The molecule has 1 aliphatic heterocycles. The number of benzene rings is 2. The number of ether oxygens (including phenoxy) is 1. The molecule has 2 aromatic rings. The van der Waals surface area contributed by atoms with Gasteiger partial charge in [-0.3, -0.25) is 0 Å². The van der Waals surface area contributed by atoms with Gasteiger partial charge in [0, 0.05) is 13.1 Å². The first-order valence-electron chi connectivity index (χ1n) is 7.69. The van der Waals surface area contributed by atoms with Crippen LogP contribution in [-0.2, 0) is 27.7 Å². The van der Waals surface area contributed by atoms with E-state index in [2.05, 4.69) is 0 Å². The second kappa shape index (κ2) is 6.37. The van der Waals surface area contributed by atoms with E-state index in [1.54, 1.807) is 42.5 Å². The third-order valence-corrected chi connectivity index (χ3v) is 6.12. The summed E-state index contributed by atoms with van der Waals surface area (Å²) in [7, 11) is -2.17. The number of rotatable bonds is 3. The predicted molar refractivity (Wildman–Crippen MR) is 90.3 cm³/mol. The van der Waals surface area contributed by atoms with E-state index in [4.69, 9.17) is 4.74 Å². The minimum Gasteiger partial charge on any atom is -0.465 e. The van der Waals surface area contributed by atoms with Crippen LogP contribution in [0.25, 0.3) is 0 Å². The highest BCUT2D eigenvalue weighted by Gasteiger charge is 2.28. The summed E-state index contributed by atoms with van der Waals surface area (Å²) >= 11 is 0. The first-order valence-corrected chi connectivity index (χ1v) is 9.13. The van der Waals surface area contributed by atoms with E-state index in [0.717, 1.165) is 16.7 Å². The predicted octanol–water partition coefficient (Wildman–Crippen LogP) is 2.53. The highest BCUT2D eigenvalue weighted by Crippen LogP contribution is 2.26. The number of sulfonamides is 1. The Morgan fingerprint density at radius 1 is 1.08 bits per heavy atom. The monoisotopic (exact) mass is 345 g/mol. The zero-order chi connectivity index (χ0) is 17.3. The second-order valence-electron chi connectivity index (χ2n) is 5.88. The maximum Gasteiger partial charge on any atom is 0.337 e. The van der Waals surface area contributed by atoms with E-state index in [1.165, 1.54) is 11.4 Å². The average molecular weight is 345 g/mol. The number of hydrogen-bond donors (Lipinski definition) is 0. The molecule has 0 bridgehead atoms. The number of carbonyl (C=O) groups is 1. The molecule has 126 valence electrons. The van der Waals surface area contributed by atoms with E-state index in [9.17, 15) is 13.2 Å². The second-order valence-corrected chi connectivity index (χ2v) is 7.81. The fourth-order valence-electron chi connectivity index (χ4n) is 2.84. The molecule has 2 aromatic carbocycles. The standard InChI is InChI=1S/C18H19NO4S/c1-13-3-7-17(8-4-13)24(21,22)19-10-9-14-11-15(18(20)23-2)5-6-16(14)12-19/h3-8,11H,9-10,12H2,1-2H3. The van der Waals surface area contributed by atoms with Crippen molar-refractivity contribution in [3.05, 3.63) is 64.7 Å². The van der Waals surface area contributed by atoms with Crippen molar-refractivity contribution >= 4 is 16.0 Å². The summed E-state index contributed by atoms with van der Waals surface area (Å²) in [6.07, 6.45) is 0.575. The van der Waals surface area contributed by atoms with Crippen molar-refractivity contribution in [2.24, 2.45) is 0 Å². The molecule has 6 heteroatoms. The van der Waals surface area contributed by atoms with Gasteiger partial charge in [0.1, 0.15) is 0 Å². The highest BCUT2D eigenvalue weighted by molar-refractivity contribution is 7.89. The largest absolute Gasteiger partial charge is 0.465 e. The summed E-state index contributed by atoms with van der Waals surface area (Å²) in [5, 5.41) is 0. The van der Waals surface area contributed by atoms with Crippen molar-refractivity contribution in [3.63, 3.8) is 0 Å². The van der Waals surface area contributed by atoms with Gasteiger partial charge in [0.15, 0.2) is 0 Å². The lowest BCUT2D eigenvalue weighted by atomic mass is 9.98. The molecule has 5 nitrogen and oxygen atoms in total. The van der Waals surface area contributed by atoms with Gasteiger partial charge in [-0.05, 0) is 48.7 Å². The Labute approximate surface area is 141 Å². The Kier molecular flexibility index (Phi) is 4.43. The molecule has 0 amide bonds. The molecule has 0 spiro atoms. The first kappa shape index (κ1) is 16.7. The minimum absolute atomic E-state index is 0.308. The molecule has 0 unspecified atom stereocenters. The van der Waals surface area contributed by atoms with E-state index in [1.807, 2.05) is 6.92 Å². The fourth-order valence-corrected chi connectivity index (χ4v) is 4.26. The molecule has 1 heterocycles. The minimum atomic E-state index is -3.51. The number of methoxy groups -OCH3 is 1. The summed E-state index contributed by atoms with van der Waals surface area (Å²) in [6.45, 7) is 2.63. The van der Waals surface area contributed by atoms with E-state index < -0.39 is 10.0 Å². The van der Waals surface area contributed by atoms with Gasteiger partial charge in [0.05, 0.1) is 17.6 Å². The van der Waals surface area contributed by atoms with Crippen LogP contribution < -0.4 is 0 Å². The smallest absolute Gasteiger partial charge is 0.337 e. The van der Waals surface area contributed by atoms with Crippen LogP contribution in [0, 0.1) is 6.92 Å². The Morgan fingerprint density at radius 3 is 2.46 bits per heavy atom. The topological polar surface area (TPSA) is 63.7 Å². The lowest BCUT2D eigenvalue weighted by Gasteiger charge is -2.28. The summed E-state index contributed by atoms with van der Waals surface area (Å²) in [5.41, 5.74) is 3.43. The lowest BCUT2D eigenvalue weighted by Crippen LogP contribution is -2.36. The summed E-state index contributed by atoms with van der Waals surface area (Å²) in [5.74, 6) is -0.382. The van der Waals surface area contributed by atoms with E-state index in [0.29, 0.717) is 30.0 Å². The molecular formula is C18H19NO4S. The zero-order valence-electron chi connectivity index (χ0n) is 13.7. The van der Waals surface area contributed by atoms with Gasteiger partial charge in [0.25, 0.3) is 0 Å². The Balaban J connectivity index is 1.87. The van der Waals surface area contributed by atoms with Crippen LogP contribution in [-0.4, -0.2) is 32.3 Å². The quantitative estimate of drug-likeness (QED) is 0.802. The number of nitrogens with zero attached hydrogens (tertiary/aromatic N) is 1. The van der Waals surface area contributed by atoms with Crippen molar-refractivity contribution in [1.82, 2.24) is 4.31 Å². The fraction of sp³-hybridized carbons (Fsp3) is 0.278. The van der Waals surface area contributed by atoms with Crippen LogP contribution in [0.4, 0.5) is 0 Å². The van der Waals surface area contributed by atoms with Crippen LogP contribution in [0.2, 0.25) is 0 Å².